The quantitative estimate of drug-likeness (QED) is 0.153. The van der Waals surface area contributed by atoms with Crippen molar-refractivity contribution in [2.24, 2.45) is 0 Å². The van der Waals surface area contributed by atoms with Crippen LogP contribution in [0.1, 0.15) is 124 Å². The first-order valence-corrected chi connectivity index (χ1v) is 13.2. The van der Waals surface area contributed by atoms with Crippen LogP contribution in [0.25, 0.3) is 0 Å². The SMILES string of the molecule is CCCCCCCCCCCCCCCC[N+](CCC)(CCC)c1ccccc1.[OH-]. The molecule has 0 spiro atoms. The highest BCUT2D eigenvalue weighted by Crippen LogP contribution is 2.25. The second-order valence-electron chi connectivity index (χ2n) is 9.25. The van der Waals surface area contributed by atoms with Crippen molar-refractivity contribution in [2.75, 3.05) is 19.6 Å². The normalized spacial score (nSPS) is 11.4. The van der Waals surface area contributed by atoms with Crippen LogP contribution in [0.4, 0.5) is 5.69 Å². The van der Waals surface area contributed by atoms with Crippen LogP contribution in [-0.2, 0) is 0 Å². The van der Waals surface area contributed by atoms with Crippen LogP contribution in [0, 0.1) is 0 Å². The van der Waals surface area contributed by atoms with Crippen LogP contribution in [-0.4, -0.2) is 25.1 Å². The van der Waals surface area contributed by atoms with E-state index in [0.29, 0.717) is 0 Å². The van der Waals surface area contributed by atoms with Gasteiger partial charge in [0.25, 0.3) is 0 Å². The third-order valence-electron chi connectivity index (χ3n) is 6.55. The van der Waals surface area contributed by atoms with Gasteiger partial charge in [0.05, 0.1) is 19.6 Å². The molecule has 0 aliphatic carbocycles. The molecule has 0 atom stereocenters. The molecule has 30 heavy (non-hydrogen) atoms. The summed E-state index contributed by atoms with van der Waals surface area (Å²) in [5.41, 5.74) is 1.53. The maximum atomic E-state index is 2.36. The van der Waals surface area contributed by atoms with E-state index in [2.05, 4.69) is 51.1 Å². The lowest BCUT2D eigenvalue weighted by atomic mass is 10.0. The van der Waals surface area contributed by atoms with Crippen LogP contribution in [0.2, 0.25) is 0 Å². The number of nitrogens with zero attached hydrogens (tertiary/aromatic N) is 1. The zero-order valence-corrected chi connectivity index (χ0v) is 20.7. The van der Waals surface area contributed by atoms with Gasteiger partial charge in [-0.2, -0.15) is 0 Å². The maximum Gasteiger partial charge on any atom is 0.132 e. The zero-order valence-electron chi connectivity index (χ0n) is 20.7. The third kappa shape index (κ3) is 12.7. The highest BCUT2D eigenvalue weighted by molar-refractivity contribution is 5.42. The molecule has 0 aromatic heterocycles. The third-order valence-corrected chi connectivity index (χ3v) is 6.55. The maximum absolute atomic E-state index is 2.36. The van der Waals surface area contributed by atoms with Crippen molar-refractivity contribution in [3.63, 3.8) is 0 Å². The fraction of sp³-hybridized carbons (Fsp3) is 0.786. The number of hydrogen-bond acceptors (Lipinski definition) is 1. The summed E-state index contributed by atoms with van der Waals surface area (Å²) in [6.07, 6.45) is 22.7. The molecule has 0 fully saturated rings. The molecule has 1 N–H and O–H groups in total. The standard InChI is InChI=1S/C28H52N.H2O/c1-4-7-8-9-10-11-12-13-14-15-16-17-18-22-27-29(25-5-2,26-6-3)28-23-20-19-21-24-28;/h19-21,23-24H,4-18,22,25-27H2,1-3H3;1H2/q+1;/p-1. The first-order valence-electron chi connectivity index (χ1n) is 13.2. The summed E-state index contributed by atoms with van der Waals surface area (Å²) in [5.74, 6) is 0. The lowest BCUT2D eigenvalue weighted by Gasteiger charge is -2.38. The minimum atomic E-state index is 0. The summed E-state index contributed by atoms with van der Waals surface area (Å²) >= 11 is 0. The summed E-state index contributed by atoms with van der Waals surface area (Å²) in [5, 5.41) is 0. The molecule has 0 saturated carbocycles. The Hall–Kier alpha value is -0.860. The van der Waals surface area contributed by atoms with Crippen molar-refractivity contribution in [1.82, 2.24) is 4.48 Å². The number of benzene rings is 1. The molecule has 0 radical (unpaired) electrons. The van der Waals surface area contributed by atoms with E-state index in [0.717, 1.165) is 0 Å². The van der Waals surface area contributed by atoms with E-state index >= 15 is 0 Å². The Labute approximate surface area is 189 Å². The Morgan fingerprint density at radius 3 is 1.27 bits per heavy atom. The molecule has 2 heteroatoms. The molecule has 0 aliphatic rings. The summed E-state index contributed by atoms with van der Waals surface area (Å²) in [7, 11) is 0. The van der Waals surface area contributed by atoms with Gasteiger partial charge in [-0.15, -0.1) is 0 Å². The fourth-order valence-electron chi connectivity index (χ4n) is 4.93. The summed E-state index contributed by atoms with van der Waals surface area (Å²) in [6, 6.07) is 11.3. The van der Waals surface area contributed by atoms with Crippen LogP contribution in [0.5, 0.6) is 0 Å². The summed E-state index contributed by atoms with van der Waals surface area (Å²) < 4.78 is 1.20. The van der Waals surface area contributed by atoms with Gasteiger partial charge in [-0.25, -0.2) is 0 Å². The predicted molar refractivity (Wildman–Crippen MR) is 136 cm³/mol. The molecular weight excluding hydrogens is 366 g/mol. The van der Waals surface area contributed by atoms with Crippen LogP contribution < -0.4 is 4.48 Å². The minimum absolute atomic E-state index is 0. The molecule has 0 saturated heterocycles. The number of hydrogen-bond donors (Lipinski definition) is 0. The summed E-state index contributed by atoms with van der Waals surface area (Å²) in [6.45, 7) is 10.9. The van der Waals surface area contributed by atoms with Gasteiger partial charge in [-0.1, -0.05) is 116 Å². The Balaban J connectivity index is 0.00000841. The monoisotopic (exact) mass is 419 g/mol. The second kappa shape index (κ2) is 20.1. The van der Waals surface area contributed by atoms with Crippen molar-refractivity contribution >= 4 is 5.69 Å². The largest absolute Gasteiger partial charge is 0.870 e. The molecule has 1 aromatic carbocycles. The van der Waals surface area contributed by atoms with Crippen molar-refractivity contribution in [1.29, 1.82) is 0 Å². The lowest BCUT2D eigenvalue weighted by Crippen LogP contribution is -2.51. The number of para-hydroxylation sites is 1. The van der Waals surface area contributed by atoms with E-state index in [1.54, 1.807) is 0 Å². The Kier molecular flexibility index (Phi) is 19.5. The first-order chi connectivity index (χ1) is 14.3. The van der Waals surface area contributed by atoms with Gasteiger partial charge in [0.1, 0.15) is 5.69 Å². The van der Waals surface area contributed by atoms with Gasteiger partial charge in [-0.05, 0) is 37.8 Å². The first kappa shape index (κ1) is 29.1. The number of quaternary nitrogens is 1. The smallest absolute Gasteiger partial charge is 0.132 e. The molecule has 2 nitrogen and oxygen atoms in total. The lowest BCUT2D eigenvalue weighted by molar-refractivity contribution is 0.265. The minimum Gasteiger partial charge on any atom is -0.870 e. The predicted octanol–water partition coefficient (Wildman–Crippen LogP) is 9.12. The number of unbranched alkanes of at least 4 members (excludes halogenated alkanes) is 13. The van der Waals surface area contributed by atoms with E-state index in [-0.39, 0.29) is 5.48 Å². The topological polar surface area (TPSA) is 30.0 Å². The molecule has 0 bridgehead atoms. The van der Waals surface area contributed by atoms with Crippen LogP contribution in [0.3, 0.4) is 0 Å². The van der Waals surface area contributed by atoms with Crippen molar-refractivity contribution in [3.8, 4) is 0 Å². The van der Waals surface area contributed by atoms with Gasteiger partial charge in [0.15, 0.2) is 0 Å². The van der Waals surface area contributed by atoms with Crippen molar-refractivity contribution in [2.45, 2.75) is 124 Å². The van der Waals surface area contributed by atoms with Crippen LogP contribution in [0.15, 0.2) is 30.3 Å². The molecule has 1 aromatic rings. The van der Waals surface area contributed by atoms with Gasteiger partial charge < -0.3 is 5.48 Å². The molecule has 0 unspecified atom stereocenters. The zero-order chi connectivity index (χ0) is 21.0. The Bertz CT molecular complexity index is 453. The fourth-order valence-corrected chi connectivity index (χ4v) is 4.93. The van der Waals surface area contributed by atoms with E-state index in [9.17, 15) is 0 Å². The Morgan fingerprint density at radius 2 is 0.867 bits per heavy atom. The van der Waals surface area contributed by atoms with Gasteiger partial charge in [0, 0.05) is 0 Å². The molecule has 0 amide bonds. The average Bonchev–Trinajstić information content (AvgIpc) is 2.75. The molecule has 176 valence electrons. The average molecular weight is 420 g/mol. The summed E-state index contributed by atoms with van der Waals surface area (Å²) in [4.78, 5) is 0. The van der Waals surface area contributed by atoms with Gasteiger partial charge in [-0.3, -0.25) is 4.48 Å². The molecule has 1 rings (SSSR count). The molecule has 0 aliphatic heterocycles. The van der Waals surface area contributed by atoms with Crippen molar-refractivity contribution < 1.29 is 5.48 Å². The Morgan fingerprint density at radius 1 is 0.467 bits per heavy atom. The highest BCUT2D eigenvalue weighted by atomic mass is 16.0. The second-order valence-corrected chi connectivity index (χ2v) is 9.25. The highest BCUT2D eigenvalue weighted by Gasteiger charge is 2.27. The molecular formula is C28H53NO. The number of rotatable bonds is 20. The van der Waals surface area contributed by atoms with Gasteiger partial charge >= 0.3 is 0 Å². The van der Waals surface area contributed by atoms with Crippen LogP contribution >= 0.6 is 0 Å². The van der Waals surface area contributed by atoms with E-state index in [1.807, 2.05) is 0 Å². The van der Waals surface area contributed by atoms with E-state index in [1.165, 1.54) is 133 Å². The van der Waals surface area contributed by atoms with E-state index in [4.69, 9.17) is 0 Å². The van der Waals surface area contributed by atoms with Crippen molar-refractivity contribution in [3.05, 3.63) is 30.3 Å². The van der Waals surface area contributed by atoms with Gasteiger partial charge in [0.2, 0.25) is 0 Å². The van der Waals surface area contributed by atoms with E-state index < -0.39 is 0 Å². The molecule has 0 heterocycles.